The van der Waals surface area contributed by atoms with E-state index in [9.17, 15) is 36.2 Å². The minimum Gasteiger partial charge on any atom is -0.466 e. The van der Waals surface area contributed by atoms with Crippen molar-refractivity contribution in [1.29, 1.82) is 0 Å². The number of alkyl halides is 6. The molecule has 0 bridgehead atoms. The highest BCUT2D eigenvalue weighted by molar-refractivity contribution is 5.70. The van der Waals surface area contributed by atoms with Crippen LogP contribution in [0.1, 0.15) is 36.1 Å². The van der Waals surface area contributed by atoms with E-state index in [4.69, 9.17) is 0 Å². The predicted molar refractivity (Wildman–Crippen MR) is 62.7 cm³/mol. The van der Waals surface area contributed by atoms with Gasteiger partial charge >= 0.3 is 18.3 Å². The quantitative estimate of drug-likeness (QED) is 0.676. The van der Waals surface area contributed by atoms with Crippen LogP contribution in [0.2, 0.25) is 0 Å². The van der Waals surface area contributed by atoms with Gasteiger partial charge in [-0.1, -0.05) is 6.07 Å². The van der Waals surface area contributed by atoms with E-state index >= 15 is 0 Å². The zero-order valence-electron chi connectivity index (χ0n) is 11.3. The predicted octanol–water partition coefficient (Wildman–Crippen LogP) is 3.71. The van der Waals surface area contributed by atoms with Gasteiger partial charge in [0.1, 0.15) is 0 Å². The first-order valence-electron chi connectivity index (χ1n) is 6.08. The number of ether oxygens (including phenoxy) is 1. The fourth-order valence-corrected chi connectivity index (χ4v) is 1.76. The first-order chi connectivity index (χ1) is 9.96. The molecule has 1 aromatic carbocycles. The number of halogens is 6. The van der Waals surface area contributed by atoms with Crippen molar-refractivity contribution in [2.24, 2.45) is 0 Å². The summed E-state index contributed by atoms with van der Waals surface area (Å²) in [5, 5.41) is 9.67. The highest BCUT2D eigenvalue weighted by Gasteiger charge is 2.39. The molecule has 0 saturated heterocycles. The number of esters is 1. The summed E-state index contributed by atoms with van der Waals surface area (Å²) < 4.78 is 80.6. The molecule has 0 saturated carbocycles. The molecule has 1 atom stereocenters. The fraction of sp³-hybridized carbons (Fsp3) is 0.462. The number of aliphatic hydroxyl groups is 1. The second-order valence-electron chi connectivity index (χ2n) is 4.32. The van der Waals surface area contributed by atoms with Gasteiger partial charge in [-0.05, 0) is 24.6 Å². The van der Waals surface area contributed by atoms with Gasteiger partial charge in [0.05, 0.1) is 30.3 Å². The molecule has 3 nitrogen and oxygen atoms in total. The normalized spacial score (nSPS) is 13.8. The van der Waals surface area contributed by atoms with Crippen molar-refractivity contribution in [2.75, 3.05) is 6.61 Å². The molecular formula is C13H12F6O3. The van der Waals surface area contributed by atoms with Gasteiger partial charge in [-0.25, -0.2) is 0 Å². The van der Waals surface area contributed by atoms with Crippen LogP contribution in [0, 0.1) is 0 Å². The summed E-state index contributed by atoms with van der Waals surface area (Å²) in [6.45, 7) is 1.42. The molecule has 1 unspecified atom stereocenters. The molecule has 0 amide bonds. The second-order valence-corrected chi connectivity index (χ2v) is 4.32. The van der Waals surface area contributed by atoms with Crippen LogP contribution in [-0.2, 0) is 21.9 Å². The Hall–Kier alpha value is -1.77. The van der Waals surface area contributed by atoms with Crippen LogP contribution in [0.5, 0.6) is 0 Å². The minimum absolute atomic E-state index is 0.0370. The first-order valence-corrected chi connectivity index (χ1v) is 6.08. The fourth-order valence-electron chi connectivity index (χ4n) is 1.76. The van der Waals surface area contributed by atoms with Crippen LogP contribution in [0.15, 0.2) is 18.2 Å². The summed E-state index contributed by atoms with van der Waals surface area (Å²) in [7, 11) is 0. The molecule has 1 aromatic rings. The maximum absolute atomic E-state index is 12.9. The lowest BCUT2D eigenvalue weighted by atomic mass is 9.97. The molecule has 0 fully saturated rings. The van der Waals surface area contributed by atoms with E-state index in [1.165, 1.54) is 6.92 Å². The lowest BCUT2D eigenvalue weighted by molar-refractivity contribution is -0.148. The molecule has 124 valence electrons. The highest BCUT2D eigenvalue weighted by Crippen LogP contribution is 2.39. The Labute approximate surface area is 121 Å². The number of carbonyl (C=O) groups excluding carboxylic acids is 1. The molecule has 0 spiro atoms. The van der Waals surface area contributed by atoms with Crippen LogP contribution >= 0.6 is 0 Å². The van der Waals surface area contributed by atoms with Crippen molar-refractivity contribution in [1.82, 2.24) is 0 Å². The molecule has 1 rings (SSSR count). The Morgan fingerprint density at radius 3 is 2.23 bits per heavy atom. The van der Waals surface area contributed by atoms with Crippen molar-refractivity contribution < 1.29 is 41.0 Å². The number of carbonyl (C=O) groups is 1. The van der Waals surface area contributed by atoms with E-state index in [0.717, 1.165) is 0 Å². The van der Waals surface area contributed by atoms with Crippen LogP contribution < -0.4 is 0 Å². The second kappa shape index (κ2) is 6.55. The molecule has 0 heterocycles. The van der Waals surface area contributed by atoms with Crippen molar-refractivity contribution in [3.05, 3.63) is 34.9 Å². The smallest absolute Gasteiger partial charge is 0.416 e. The van der Waals surface area contributed by atoms with Crippen molar-refractivity contribution in [3.8, 4) is 0 Å². The maximum Gasteiger partial charge on any atom is 0.416 e. The van der Waals surface area contributed by atoms with Gasteiger partial charge in [0, 0.05) is 0 Å². The topological polar surface area (TPSA) is 46.5 Å². The molecule has 0 aromatic heterocycles. The SMILES string of the molecule is CCOC(=O)CC(O)c1ccc(C(F)(F)F)cc1C(F)(F)F. The summed E-state index contributed by atoms with van der Waals surface area (Å²) in [5.41, 5.74) is -3.94. The number of hydrogen-bond acceptors (Lipinski definition) is 3. The zero-order chi connectivity index (χ0) is 17.1. The Morgan fingerprint density at radius 2 is 1.77 bits per heavy atom. The third-order valence-electron chi connectivity index (χ3n) is 2.71. The van der Waals surface area contributed by atoms with Gasteiger partial charge in [0.15, 0.2) is 0 Å². The monoisotopic (exact) mass is 330 g/mol. The molecule has 0 aliphatic carbocycles. The van der Waals surface area contributed by atoms with E-state index in [1.807, 2.05) is 0 Å². The van der Waals surface area contributed by atoms with Gasteiger partial charge in [0.25, 0.3) is 0 Å². The third kappa shape index (κ3) is 4.62. The van der Waals surface area contributed by atoms with Crippen LogP contribution in [0.4, 0.5) is 26.3 Å². The summed E-state index contributed by atoms with van der Waals surface area (Å²) in [6, 6.07) is 0.832. The Morgan fingerprint density at radius 1 is 1.18 bits per heavy atom. The van der Waals surface area contributed by atoms with E-state index in [-0.39, 0.29) is 12.7 Å². The summed E-state index contributed by atoms with van der Waals surface area (Å²) in [6.07, 6.45) is -12.8. The van der Waals surface area contributed by atoms with Gasteiger partial charge in [0.2, 0.25) is 0 Å². The molecule has 0 aliphatic rings. The lowest BCUT2D eigenvalue weighted by Gasteiger charge is -2.19. The van der Waals surface area contributed by atoms with Gasteiger partial charge in [-0.2, -0.15) is 26.3 Å². The van der Waals surface area contributed by atoms with Crippen LogP contribution in [-0.4, -0.2) is 17.7 Å². The summed E-state index contributed by atoms with van der Waals surface area (Å²) in [4.78, 5) is 11.2. The van der Waals surface area contributed by atoms with Crippen LogP contribution in [0.3, 0.4) is 0 Å². The van der Waals surface area contributed by atoms with E-state index in [1.54, 1.807) is 0 Å². The molecule has 22 heavy (non-hydrogen) atoms. The van der Waals surface area contributed by atoms with E-state index < -0.39 is 47.5 Å². The highest BCUT2D eigenvalue weighted by atomic mass is 19.4. The van der Waals surface area contributed by atoms with E-state index in [0.29, 0.717) is 12.1 Å². The number of rotatable bonds is 4. The molecule has 0 aliphatic heterocycles. The standard InChI is InChI=1S/C13H12F6O3/c1-2-22-11(21)6-10(20)8-4-3-7(12(14,15)16)5-9(8)13(17,18)19/h3-5,10,20H,2,6H2,1H3. The summed E-state index contributed by atoms with van der Waals surface area (Å²) in [5.74, 6) is -0.956. The average molecular weight is 330 g/mol. The third-order valence-corrected chi connectivity index (χ3v) is 2.71. The van der Waals surface area contributed by atoms with Crippen molar-refractivity contribution in [2.45, 2.75) is 31.8 Å². The molecule has 9 heteroatoms. The zero-order valence-corrected chi connectivity index (χ0v) is 11.3. The van der Waals surface area contributed by atoms with Gasteiger partial charge in [-0.15, -0.1) is 0 Å². The van der Waals surface area contributed by atoms with E-state index in [2.05, 4.69) is 4.74 Å². The largest absolute Gasteiger partial charge is 0.466 e. The number of aliphatic hydroxyl groups excluding tert-OH is 1. The Kier molecular flexibility index (Phi) is 5.44. The van der Waals surface area contributed by atoms with Crippen molar-refractivity contribution in [3.63, 3.8) is 0 Å². The molecule has 1 N–H and O–H groups in total. The van der Waals surface area contributed by atoms with Gasteiger partial charge in [-0.3, -0.25) is 4.79 Å². The Bertz CT molecular complexity index is 536. The molecule has 0 radical (unpaired) electrons. The maximum atomic E-state index is 12.9. The van der Waals surface area contributed by atoms with Crippen molar-refractivity contribution >= 4 is 5.97 Å². The average Bonchev–Trinajstić information content (AvgIpc) is 2.36. The minimum atomic E-state index is -5.10. The lowest BCUT2D eigenvalue weighted by Crippen LogP contribution is -2.17. The summed E-state index contributed by atoms with van der Waals surface area (Å²) >= 11 is 0. The first kappa shape index (κ1) is 18.3. The van der Waals surface area contributed by atoms with Crippen LogP contribution in [0.25, 0.3) is 0 Å². The number of hydrogen-bond donors (Lipinski definition) is 1. The van der Waals surface area contributed by atoms with Gasteiger partial charge < -0.3 is 9.84 Å². The Balaban J connectivity index is 3.21. The number of benzene rings is 1. The molecular weight excluding hydrogens is 318 g/mol.